The molecule has 5 nitrogen and oxygen atoms in total. The smallest absolute Gasteiger partial charge is 0.237 e. The molecule has 0 saturated heterocycles. The number of nitrogens with one attached hydrogen (secondary N) is 1. The highest BCUT2D eigenvalue weighted by atomic mass is 16.5. The van der Waals surface area contributed by atoms with Gasteiger partial charge in [-0.05, 0) is 6.92 Å². The minimum Gasteiger partial charge on any atom is -0.360 e. The molecule has 0 aliphatic rings. The molecule has 0 aliphatic heterocycles. The molecule has 12 heavy (non-hydrogen) atoms. The molecule has 0 aromatic carbocycles. The molecule has 5 heteroatoms. The molecule has 66 valence electrons. The first kappa shape index (κ1) is 8.73. The van der Waals surface area contributed by atoms with Gasteiger partial charge in [-0.2, -0.15) is 0 Å². The van der Waals surface area contributed by atoms with Crippen LogP contribution in [0.25, 0.3) is 0 Å². The highest BCUT2D eigenvalue weighted by Gasteiger charge is 2.06. The van der Waals surface area contributed by atoms with E-state index in [1.165, 1.54) is 6.20 Å². The third kappa shape index (κ3) is 2.35. The van der Waals surface area contributed by atoms with E-state index in [-0.39, 0.29) is 5.91 Å². The summed E-state index contributed by atoms with van der Waals surface area (Å²) in [4.78, 5) is 10.9. The minimum atomic E-state index is -0.493. The van der Waals surface area contributed by atoms with Crippen molar-refractivity contribution in [1.82, 2.24) is 10.5 Å². The van der Waals surface area contributed by atoms with Crippen LogP contribution in [0.2, 0.25) is 0 Å². The van der Waals surface area contributed by atoms with Crippen molar-refractivity contribution in [1.29, 1.82) is 0 Å². The number of hydrogen-bond donors (Lipinski definition) is 2. The summed E-state index contributed by atoms with van der Waals surface area (Å²) in [5, 5.41) is 6.07. The second-order valence-corrected chi connectivity index (χ2v) is 2.49. The molecule has 1 aromatic heterocycles. The van der Waals surface area contributed by atoms with Crippen LogP contribution in [0.3, 0.4) is 0 Å². The van der Waals surface area contributed by atoms with E-state index in [0.29, 0.717) is 12.3 Å². The maximum Gasteiger partial charge on any atom is 0.237 e. The van der Waals surface area contributed by atoms with Crippen LogP contribution >= 0.6 is 0 Å². The second-order valence-electron chi connectivity index (χ2n) is 2.49. The van der Waals surface area contributed by atoms with Gasteiger partial charge in [-0.1, -0.05) is 5.16 Å². The average Bonchev–Trinajstić information content (AvgIpc) is 2.51. The van der Waals surface area contributed by atoms with Gasteiger partial charge in [-0.3, -0.25) is 4.79 Å². The number of carbonyl (C=O) groups excluding carboxylic acids is 1. The normalized spacial score (nSPS) is 12.5. The number of amides is 1. The summed E-state index contributed by atoms with van der Waals surface area (Å²) >= 11 is 0. The van der Waals surface area contributed by atoms with Crippen molar-refractivity contribution >= 4 is 5.91 Å². The lowest BCUT2D eigenvalue weighted by molar-refractivity contribution is -0.122. The van der Waals surface area contributed by atoms with Crippen LogP contribution in [0.15, 0.2) is 16.8 Å². The third-order valence-electron chi connectivity index (χ3n) is 1.34. The lowest BCUT2D eigenvalue weighted by Crippen LogP contribution is -2.37. The molecule has 1 heterocycles. The fourth-order valence-corrected chi connectivity index (χ4v) is 0.669. The predicted molar refractivity (Wildman–Crippen MR) is 42.0 cm³/mol. The number of carbonyl (C=O) groups is 1. The molecule has 1 rings (SSSR count). The summed E-state index contributed by atoms with van der Waals surface area (Å²) < 4.78 is 4.76. The van der Waals surface area contributed by atoms with Gasteiger partial charge in [-0.25, -0.2) is 0 Å². The van der Waals surface area contributed by atoms with Crippen molar-refractivity contribution in [2.24, 2.45) is 5.73 Å². The maximum absolute atomic E-state index is 10.9. The first-order valence-electron chi connectivity index (χ1n) is 3.63. The Morgan fingerprint density at radius 2 is 2.67 bits per heavy atom. The molecular formula is C7H11N3O2. The van der Waals surface area contributed by atoms with E-state index in [4.69, 9.17) is 10.3 Å². The Kier molecular flexibility index (Phi) is 2.82. The Hall–Kier alpha value is -1.36. The van der Waals surface area contributed by atoms with Crippen LogP contribution in [0.5, 0.6) is 0 Å². The second kappa shape index (κ2) is 3.87. The van der Waals surface area contributed by atoms with Crippen molar-refractivity contribution in [2.45, 2.75) is 19.5 Å². The van der Waals surface area contributed by atoms with Crippen LogP contribution in [-0.4, -0.2) is 17.1 Å². The lowest BCUT2D eigenvalue weighted by Gasteiger charge is -2.04. The highest BCUT2D eigenvalue weighted by molar-refractivity contribution is 5.80. The van der Waals surface area contributed by atoms with Crippen molar-refractivity contribution in [2.75, 3.05) is 0 Å². The first-order chi connectivity index (χ1) is 5.70. The van der Waals surface area contributed by atoms with Crippen LogP contribution in [0.1, 0.15) is 12.7 Å². The van der Waals surface area contributed by atoms with Crippen LogP contribution < -0.4 is 11.1 Å². The summed E-state index contributed by atoms with van der Waals surface area (Å²) in [6.07, 6.45) is 1.52. The van der Waals surface area contributed by atoms with E-state index in [9.17, 15) is 4.79 Å². The summed E-state index contributed by atoms with van der Waals surface area (Å²) in [5.74, 6) is 0.412. The molecule has 0 spiro atoms. The van der Waals surface area contributed by atoms with Gasteiger partial charge in [0.1, 0.15) is 0 Å². The zero-order valence-electron chi connectivity index (χ0n) is 6.78. The van der Waals surface area contributed by atoms with Gasteiger partial charge < -0.3 is 15.6 Å². The molecule has 0 aliphatic carbocycles. The molecule has 1 amide bonds. The molecule has 0 unspecified atom stereocenters. The Labute approximate surface area is 69.9 Å². The standard InChI is InChI=1S/C7H11N3O2/c1-5(8)7(11)9-4-6-2-3-10-12-6/h2-3,5H,4,8H2,1H3,(H,9,11)/t5-/m0/s1. The Bertz CT molecular complexity index is 243. The van der Waals surface area contributed by atoms with E-state index < -0.39 is 6.04 Å². The van der Waals surface area contributed by atoms with Gasteiger partial charge in [0.15, 0.2) is 5.76 Å². The number of rotatable bonds is 3. The highest BCUT2D eigenvalue weighted by Crippen LogP contribution is 1.94. The molecule has 0 saturated carbocycles. The Morgan fingerprint density at radius 3 is 3.17 bits per heavy atom. The predicted octanol–water partition coefficient (Wildman–Crippen LogP) is -0.362. The first-order valence-corrected chi connectivity index (χ1v) is 3.63. The van der Waals surface area contributed by atoms with Gasteiger partial charge in [0, 0.05) is 6.07 Å². The number of aromatic nitrogens is 1. The van der Waals surface area contributed by atoms with Gasteiger partial charge in [-0.15, -0.1) is 0 Å². The molecule has 1 aromatic rings. The van der Waals surface area contributed by atoms with Crippen molar-refractivity contribution in [3.63, 3.8) is 0 Å². The van der Waals surface area contributed by atoms with Crippen molar-refractivity contribution in [3.8, 4) is 0 Å². The maximum atomic E-state index is 10.9. The van der Waals surface area contributed by atoms with Crippen molar-refractivity contribution in [3.05, 3.63) is 18.0 Å². The molecular weight excluding hydrogens is 158 g/mol. The third-order valence-corrected chi connectivity index (χ3v) is 1.34. The van der Waals surface area contributed by atoms with E-state index in [2.05, 4.69) is 10.5 Å². The molecule has 0 radical (unpaired) electrons. The van der Waals surface area contributed by atoms with Gasteiger partial charge in [0.05, 0.1) is 18.8 Å². The zero-order valence-corrected chi connectivity index (χ0v) is 6.78. The topological polar surface area (TPSA) is 81.2 Å². The quantitative estimate of drug-likeness (QED) is 0.647. The summed E-state index contributed by atoms with van der Waals surface area (Å²) in [7, 11) is 0. The monoisotopic (exact) mass is 169 g/mol. The number of nitrogens with zero attached hydrogens (tertiary/aromatic N) is 1. The number of nitrogens with two attached hydrogens (primary N) is 1. The van der Waals surface area contributed by atoms with Crippen LogP contribution in [0, 0.1) is 0 Å². The lowest BCUT2D eigenvalue weighted by atomic mass is 10.3. The van der Waals surface area contributed by atoms with E-state index >= 15 is 0 Å². The molecule has 3 N–H and O–H groups in total. The summed E-state index contributed by atoms with van der Waals surface area (Å²) in [5.41, 5.74) is 5.32. The minimum absolute atomic E-state index is 0.202. The van der Waals surface area contributed by atoms with Crippen molar-refractivity contribution < 1.29 is 9.32 Å². The average molecular weight is 169 g/mol. The zero-order chi connectivity index (χ0) is 8.97. The van der Waals surface area contributed by atoms with E-state index in [1.807, 2.05) is 0 Å². The largest absolute Gasteiger partial charge is 0.360 e. The fourth-order valence-electron chi connectivity index (χ4n) is 0.669. The van der Waals surface area contributed by atoms with Crippen LogP contribution in [-0.2, 0) is 11.3 Å². The van der Waals surface area contributed by atoms with Crippen LogP contribution in [0.4, 0.5) is 0 Å². The number of hydrogen-bond acceptors (Lipinski definition) is 4. The van der Waals surface area contributed by atoms with E-state index in [0.717, 1.165) is 0 Å². The van der Waals surface area contributed by atoms with Gasteiger partial charge in [0.2, 0.25) is 5.91 Å². The fraction of sp³-hybridized carbons (Fsp3) is 0.429. The Balaban J connectivity index is 2.32. The van der Waals surface area contributed by atoms with E-state index in [1.54, 1.807) is 13.0 Å². The van der Waals surface area contributed by atoms with Gasteiger partial charge in [0.25, 0.3) is 0 Å². The Morgan fingerprint density at radius 1 is 1.92 bits per heavy atom. The molecule has 0 bridgehead atoms. The SMILES string of the molecule is C[C@H](N)C(=O)NCc1ccno1. The van der Waals surface area contributed by atoms with Gasteiger partial charge >= 0.3 is 0 Å². The molecule has 1 atom stereocenters. The summed E-state index contributed by atoms with van der Waals surface area (Å²) in [6, 6.07) is 1.19. The molecule has 0 fully saturated rings. The summed E-state index contributed by atoms with van der Waals surface area (Å²) in [6.45, 7) is 1.95.